The van der Waals surface area contributed by atoms with Gasteiger partial charge in [-0.05, 0) is 85.1 Å². The lowest BCUT2D eigenvalue weighted by Crippen LogP contribution is -2.39. The van der Waals surface area contributed by atoms with Crippen molar-refractivity contribution < 1.29 is 22.7 Å². The van der Waals surface area contributed by atoms with E-state index in [0.29, 0.717) is 40.3 Å². The molecule has 1 amide bonds. The van der Waals surface area contributed by atoms with Crippen molar-refractivity contribution in [2.24, 2.45) is 5.10 Å². The number of nitrogens with one attached hydrogen (secondary N) is 1. The summed E-state index contributed by atoms with van der Waals surface area (Å²) in [6, 6.07) is 25.3. The number of hydrogen-bond donors (Lipinski definition) is 1. The van der Waals surface area contributed by atoms with Gasteiger partial charge in [-0.25, -0.2) is 13.8 Å². The van der Waals surface area contributed by atoms with Gasteiger partial charge >= 0.3 is 0 Å². The zero-order valence-corrected chi connectivity index (χ0v) is 25.3. The van der Waals surface area contributed by atoms with Crippen molar-refractivity contribution >= 4 is 51.0 Å². The van der Waals surface area contributed by atoms with E-state index in [1.54, 1.807) is 67.6 Å². The summed E-state index contributed by atoms with van der Waals surface area (Å²) >= 11 is 12.2. The summed E-state index contributed by atoms with van der Waals surface area (Å²) in [5.74, 6) is 0.417. The second-order valence-electron chi connectivity index (χ2n) is 9.11. The number of benzene rings is 4. The zero-order valence-electron chi connectivity index (χ0n) is 23.0. The standard InChI is InChI=1S/C31H29Cl2N3O5S/c1-3-40-30-17-24(12-16-29(30)41-21-23-10-13-25(32)14-11-23)19-34-35-31(37)20-36(26-15-9-22(2)28(33)18-26)42(38,39)27-7-5-4-6-8-27/h4-19H,3,20-21H2,1-2H3,(H,35,37)/b34-19-. The Kier molecular flexibility index (Phi) is 10.5. The number of anilines is 1. The number of amides is 1. The van der Waals surface area contributed by atoms with Gasteiger partial charge in [-0.3, -0.25) is 9.10 Å². The molecule has 0 saturated heterocycles. The molecular weight excluding hydrogens is 597 g/mol. The lowest BCUT2D eigenvalue weighted by Gasteiger charge is -2.24. The quantitative estimate of drug-likeness (QED) is 0.141. The number of carbonyl (C=O) groups is 1. The van der Waals surface area contributed by atoms with E-state index in [2.05, 4.69) is 10.5 Å². The minimum atomic E-state index is -4.08. The number of sulfonamides is 1. The van der Waals surface area contributed by atoms with Crippen LogP contribution in [0, 0.1) is 6.92 Å². The number of ether oxygens (including phenoxy) is 2. The highest BCUT2D eigenvalue weighted by Gasteiger charge is 2.27. The van der Waals surface area contributed by atoms with Crippen LogP contribution in [0.4, 0.5) is 5.69 Å². The smallest absolute Gasteiger partial charge is 0.264 e. The molecule has 4 rings (SSSR count). The minimum Gasteiger partial charge on any atom is -0.490 e. The molecule has 0 heterocycles. The topological polar surface area (TPSA) is 97.3 Å². The maximum absolute atomic E-state index is 13.5. The highest BCUT2D eigenvalue weighted by molar-refractivity contribution is 7.92. The van der Waals surface area contributed by atoms with Crippen LogP contribution in [0.1, 0.15) is 23.6 Å². The molecule has 1 N–H and O–H groups in total. The van der Waals surface area contributed by atoms with E-state index in [9.17, 15) is 13.2 Å². The van der Waals surface area contributed by atoms with Gasteiger partial charge in [-0.1, -0.05) is 59.6 Å². The summed E-state index contributed by atoms with van der Waals surface area (Å²) in [4.78, 5) is 12.9. The first-order valence-corrected chi connectivity index (χ1v) is 15.2. The predicted octanol–water partition coefficient (Wildman–Crippen LogP) is 6.63. The maximum atomic E-state index is 13.5. The molecule has 8 nitrogen and oxygen atoms in total. The summed E-state index contributed by atoms with van der Waals surface area (Å²) in [7, 11) is -4.08. The molecule has 11 heteroatoms. The van der Waals surface area contributed by atoms with Crippen LogP contribution in [0.3, 0.4) is 0 Å². The van der Waals surface area contributed by atoms with Gasteiger partial charge in [0.2, 0.25) is 0 Å². The Bertz CT molecular complexity index is 1660. The first kappa shape index (κ1) is 30.9. The van der Waals surface area contributed by atoms with Crippen LogP contribution in [0.15, 0.2) is 101 Å². The van der Waals surface area contributed by atoms with E-state index in [4.69, 9.17) is 32.7 Å². The molecule has 0 bridgehead atoms. The first-order valence-electron chi connectivity index (χ1n) is 13.0. The van der Waals surface area contributed by atoms with Gasteiger partial charge in [0.05, 0.1) is 23.4 Å². The third-order valence-corrected chi connectivity index (χ3v) is 8.49. The fourth-order valence-electron chi connectivity index (χ4n) is 3.85. The van der Waals surface area contributed by atoms with Gasteiger partial charge in [-0.2, -0.15) is 5.10 Å². The third kappa shape index (κ3) is 8.03. The molecule has 0 spiro atoms. The van der Waals surface area contributed by atoms with Crippen molar-refractivity contribution in [2.75, 3.05) is 17.5 Å². The monoisotopic (exact) mass is 625 g/mol. The summed E-state index contributed by atoms with van der Waals surface area (Å²) in [5, 5.41) is 5.05. The van der Waals surface area contributed by atoms with E-state index >= 15 is 0 Å². The normalized spacial score (nSPS) is 11.3. The average Bonchev–Trinajstić information content (AvgIpc) is 2.98. The van der Waals surface area contributed by atoms with Crippen LogP contribution >= 0.6 is 23.2 Å². The molecule has 218 valence electrons. The molecule has 4 aromatic carbocycles. The number of rotatable bonds is 12. The number of hydrazone groups is 1. The number of nitrogens with zero attached hydrogens (tertiary/aromatic N) is 2. The Morgan fingerprint density at radius 3 is 2.36 bits per heavy atom. The molecule has 0 radical (unpaired) electrons. The minimum absolute atomic E-state index is 0.0415. The Labute approximate surface area is 255 Å². The van der Waals surface area contributed by atoms with E-state index in [0.717, 1.165) is 15.4 Å². The molecule has 42 heavy (non-hydrogen) atoms. The van der Waals surface area contributed by atoms with Crippen molar-refractivity contribution in [2.45, 2.75) is 25.3 Å². The molecule has 4 aromatic rings. The molecular formula is C31H29Cl2N3O5S. The van der Waals surface area contributed by atoms with Crippen LogP contribution in [-0.2, 0) is 21.4 Å². The van der Waals surface area contributed by atoms with Crippen molar-refractivity contribution in [3.05, 3.63) is 118 Å². The number of carbonyl (C=O) groups excluding carboxylic acids is 1. The molecule has 0 aromatic heterocycles. The molecule has 0 fully saturated rings. The van der Waals surface area contributed by atoms with Crippen molar-refractivity contribution in [1.29, 1.82) is 0 Å². The van der Waals surface area contributed by atoms with E-state index in [-0.39, 0.29) is 10.6 Å². The maximum Gasteiger partial charge on any atom is 0.264 e. The highest BCUT2D eigenvalue weighted by atomic mass is 35.5. The van der Waals surface area contributed by atoms with E-state index in [1.807, 2.05) is 19.1 Å². The number of aryl methyl sites for hydroxylation is 1. The van der Waals surface area contributed by atoms with Gasteiger partial charge < -0.3 is 9.47 Å². The van der Waals surface area contributed by atoms with Gasteiger partial charge in [-0.15, -0.1) is 0 Å². The van der Waals surface area contributed by atoms with Crippen LogP contribution in [0.25, 0.3) is 0 Å². The summed E-state index contributed by atoms with van der Waals surface area (Å²) in [6.07, 6.45) is 1.43. The first-order chi connectivity index (χ1) is 20.2. The van der Waals surface area contributed by atoms with Crippen molar-refractivity contribution in [1.82, 2.24) is 5.43 Å². The molecule has 0 aliphatic carbocycles. The Morgan fingerprint density at radius 1 is 0.929 bits per heavy atom. The molecule has 0 unspecified atom stereocenters. The lowest BCUT2D eigenvalue weighted by atomic mass is 10.2. The summed E-state index contributed by atoms with van der Waals surface area (Å²) in [6.45, 7) is 3.90. The van der Waals surface area contributed by atoms with Gasteiger partial charge in [0.1, 0.15) is 13.2 Å². The number of hydrogen-bond acceptors (Lipinski definition) is 6. The molecule has 0 aliphatic rings. The Hall–Kier alpha value is -4.05. The molecule has 0 saturated carbocycles. The fraction of sp³-hybridized carbons (Fsp3) is 0.161. The fourth-order valence-corrected chi connectivity index (χ4v) is 5.59. The third-order valence-electron chi connectivity index (χ3n) is 6.04. The SMILES string of the molecule is CCOc1cc(/C=N\NC(=O)CN(c2ccc(C)c(Cl)c2)S(=O)(=O)c2ccccc2)ccc1OCc1ccc(Cl)cc1. The van der Waals surface area contributed by atoms with Gasteiger partial charge in [0.25, 0.3) is 15.9 Å². The second-order valence-corrected chi connectivity index (χ2v) is 11.8. The van der Waals surface area contributed by atoms with E-state index in [1.165, 1.54) is 24.4 Å². The van der Waals surface area contributed by atoms with Crippen molar-refractivity contribution in [3.8, 4) is 11.5 Å². The highest BCUT2D eigenvalue weighted by Crippen LogP contribution is 2.30. The Balaban J connectivity index is 1.47. The number of halogens is 2. The lowest BCUT2D eigenvalue weighted by molar-refractivity contribution is -0.119. The summed E-state index contributed by atoms with van der Waals surface area (Å²) in [5.41, 5.74) is 5.02. The van der Waals surface area contributed by atoms with E-state index < -0.39 is 22.5 Å². The largest absolute Gasteiger partial charge is 0.490 e. The van der Waals surface area contributed by atoms with Gasteiger partial charge in [0.15, 0.2) is 11.5 Å². The summed E-state index contributed by atoms with van der Waals surface area (Å²) < 4.78 is 39.6. The second kappa shape index (κ2) is 14.2. The van der Waals surface area contributed by atoms with Crippen LogP contribution < -0.4 is 19.2 Å². The Morgan fingerprint density at radius 2 is 1.67 bits per heavy atom. The predicted molar refractivity (Wildman–Crippen MR) is 166 cm³/mol. The van der Waals surface area contributed by atoms with Crippen molar-refractivity contribution in [3.63, 3.8) is 0 Å². The average molecular weight is 627 g/mol. The molecule has 0 aliphatic heterocycles. The van der Waals surface area contributed by atoms with Crippen LogP contribution in [-0.4, -0.2) is 33.7 Å². The van der Waals surface area contributed by atoms with Gasteiger partial charge in [0, 0.05) is 10.0 Å². The molecule has 0 atom stereocenters. The van der Waals surface area contributed by atoms with Crippen LogP contribution in [0.2, 0.25) is 10.0 Å². The zero-order chi connectivity index (χ0) is 30.1. The van der Waals surface area contributed by atoms with Crippen LogP contribution in [0.5, 0.6) is 11.5 Å².